The molecule has 0 spiro atoms. The van der Waals surface area contributed by atoms with Gasteiger partial charge in [-0.2, -0.15) is 0 Å². The van der Waals surface area contributed by atoms with Crippen molar-refractivity contribution in [2.24, 2.45) is 0 Å². The van der Waals surface area contributed by atoms with Gasteiger partial charge < -0.3 is 9.45 Å². The summed E-state index contributed by atoms with van der Waals surface area (Å²) in [6.07, 6.45) is 3.03. The van der Waals surface area contributed by atoms with Gasteiger partial charge in [0.25, 0.3) is 0 Å². The molecule has 0 aromatic heterocycles. The summed E-state index contributed by atoms with van der Waals surface area (Å²) in [6, 6.07) is 6.36. The fourth-order valence-electron chi connectivity index (χ4n) is 2.56. The summed E-state index contributed by atoms with van der Waals surface area (Å²) in [5.74, 6) is 0. The molecule has 1 aromatic carbocycles. The van der Waals surface area contributed by atoms with Crippen molar-refractivity contribution in [1.29, 1.82) is 0 Å². The molecule has 0 aliphatic heterocycles. The molecule has 0 amide bonds. The lowest BCUT2D eigenvalue weighted by Gasteiger charge is -2.31. The lowest BCUT2D eigenvalue weighted by molar-refractivity contribution is 0.267. The second-order valence-corrected chi connectivity index (χ2v) is 6.66. The molecule has 5 heteroatoms. The Labute approximate surface area is 115 Å². The maximum Gasteiger partial charge on any atom is 0.176 e. The Morgan fingerprint density at radius 3 is 2.83 bits per heavy atom. The van der Waals surface area contributed by atoms with Gasteiger partial charge in [-0.1, -0.05) is 18.2 Å². The van der Waals surface area contributed by atoms with Crippen molar-refractivity contribution in [3.8, 4) is 0 Å². The van der Waals surface area contributed by atoms with Gasteiger partial charge in [0, 0.05) is 6.04 Å². The highest BCUT2D eigenvalue weighted by Crippen LogP contribution is 2.33. The van der Waals surface area contributed by atoms with Crippen LogP contribution in [-0.4, -0.2) is 33.8 Å². The highest BCUT2D eigenvalue weighted by molar-refractivity contribution is 7.80. The molecule has 0 fully saturated rings. The molecule has 0 saturated heterocycles. The van der Waals surface area contributed by atoms with Gasteiger partial charge in [-0.05, 0) is 50.0 Å². The lowest BCUT2D eigenvalue weighted by Crippen LogP contribution is -2.34. The molecule has 3 atom stereocenters. The number of hydrogen-bond donors (Lipinski definition) is 1. The number of fused-ring (bicyclic) bond motifs is 1. The summed E-state index contributed by atoms with van der Waals surface area (Å²) in [5, 5.41) is 0. The maximum absolute atomic E-state index is 11.2. The van der Waals surface area contributed by atoms with E-state index in [0.717, 1.165) is 30.4 Å². The highest BCUT2D eigenvalue weighted by atomic mass is 35.5. The number of hydrogen-bond acceptors (Lipinski definition) is 2. The van der Waals surface area contributed by atoms with Gasteiger partial charge in [-0.25, -0.2) is 4.21 Å². The molecule has 1 N–H and O–H groups in total. The summed E-state index contributed by atoms with van der Waals surface area (Å²) in [6.45, 7) is 0. The molecule has 2 rings (SSSR count). The average molecular weight is 288 g/mol. The van der Waals surface area contributed by atoms with E-state index in [2.05, 4.69) is 25.1 Å². The van der Waals surface area contributed by atoms with Crippen LogP contribution in [0, 0.1) is 0 Å². The van der Waals surface area contributed by atoms with Crippen LogP contribution in [0.15, 0.2) is 18.2 Å². The zero-order valence-corrected chi connectivity index (χ0v) is 12.2. The van der Waals surface area contributed by atoms with Gasteiger partial charge in [0.1, 0.15) is 0 Å². The number of nitrogens with zero attached hydrogens (tertiary/aromatic N) is 1. The topological polar surface area (TPSA) is 40.5 Å². The van der Waals surface area contributed by atoms with E-state index < -0.39 is 15.8 Å². The quantitative estimate of drug-likeness (QED) is 0.686. The predicted molar refractivity (Wildman–Crippen MR) is 75.3 cm³/mol. The molecular weight excluding hydrogens is 270 g/mol. The van der Waals surface area contributed by atoms with Crippen LogP contribution in [0.2, 0.25) is 0 Å². The van der Waals surface area contributed by atoms with Crippen LogP contribution in [0.25, 0.3) is 0 Å². The fourth-order valence-corrected chi connectivity index (χ4v) is 3.20. The van der Waals surface area contributed by atoms with Crippen LogP contribution in [-0.2, 0) is 23.9 Å². The number of halogens is 1. The van der Waals surface area contributed by atoms with Crippen LogP contribution in [0.3, 0.4) is 0 Å². The van der Waals surface area contributed by atoms with Gasteiger partial charge in [0.05, 0.1) is 0 Å². The normalized spacial score (nSPS) is 22.6. The van der Waals surface area contributed by atoms with Crippen LogP contribution >= 0.6 is 11.6 Å². The largest absolute Gasteiger partial charge is 0.306 e. The molecule has 0 bridgehead atoms. The molecule has 18 heavy (non-hydrogen) atoms. The third-order valence-electron chi connectivity index (χ3n) is 3.65. The maximum atomic E-state index is 11.2. The molecular formula is C13H18ClNO2S. The van der Waals surface area contributed by atoms with Gasteiger partial charge in [0.15, 0.2) is 15.8 Å². The Bertz CT molecular complexity index is 464. The molecule has 0 heterocycles. The fraction of sp³-hybridized carbons (Fsp3) is 0.538. The van der Waals surface area contributed by atoms with E-state index in [-0.39, 0.29) is 0 Å². The third kappa shape index (κ3) is 2.77. The molecule has 3 nitrogen and oxygen atoms in total. The molecule has 0 saturated carbocycles. The van der Waals surface area contributed by atoms with Crippen molar-refractivity contribution >= 4 is 22.7 Å². The van der Waals surface area contributed by atoms with Gasteiger partial charge in [-0.3, -0.25) is 0 Å². The van der Waals surface area contributed by atoms with E-state index in [4.69, 9.17) is 11.6 Å². The number of rotatable bonds is 3. The van der Waals surface area contributed by atoms with Crippen molar-refractivity contribution in [3.63, 3.8) is 0 Å². The second kappa shape index (κ2) is 5.70. The van der Waals surface area contributed by atoms with Crippen molar-refractivity contribution in [3.05, 3.63) is 34.9 Å². The van der Waals surface area contributed by atoms with E-state index >= 15 is 0 Å². The van der Waals surface area contributed by atoms with E-state index in [1.54, 1.807) is 0 Å². The minimum atomic E-state index is -2.03. The number of alkyl halides is 1. The highest BCUT2D eigenvalue weighted by Gasteiger charge is 2.26. The number of aryl methyl sites for hydroxylation is 1. The van der Waals surface area contributed by atoms with Crippen LogP contribution in [0.1, 0.15) is 27.8 Å². The van der Waals surface area contributed by atoms with E-state index in [9.17, 15) is 8.76 Å². The van der Waals surface area contributed by atoms with Crippen LogP contribution < -0.4 is 0 Å². The summed E-state index contributed by atoms with van der Waals surface area (Å²) < 4.78 is 19.5. The average Bonchev–Trinajstić information content (AvgIpc) is 2.36. The molecule has 1 aromatic rings. The molecule has 100 valence electrons. The molecule has 3 unspecified atom stereocenters. The Balaban J connectivity index is 2.37. The molecule has 1 aliphatic carbocycles. The minimum Gasteiger partial charge on any atom is -0.306 e. The first-order valence-electron chi connectivity index (χ1n) is 6.01. The zero-order chi connectivity index (χ0) is 13.3. The molecule has 1 aliphatic rings. The second-order valence-electron chi connectivity index (χ2n) is 4.94. The summed E-state index contributed by atoms with van der Waals surface area (Å²) >= 11 is 4.01. The summed E-state index contributed by atoms with van der Waals surface area (Å²) in [5.41, 5.74) is 3.23. The monoisotopic (exact) mass is 287 g/mol. The molecule has 0 radical (unpaired) electrons. The zero-order valence-electron chi connectivity index (χ0n) is 10.6. The first-order chi connectivity index (χ1) is 8.50. The van der Waals surface area contributed by atoms with Gasteiger partial charge >= 0.3 is 0 Å². The Morgan fingerprint density at radius 1 is 1.50 bits per heavy atom. The van der Waals surface area contributed by atoms with Crippen molar-refractivity contribution < 1.29 is 8.76 Å². The van der Waals surface area contributed by atoms with E-state index in [1.165, 1.54) is 5.56 Å². The minimum absolute atomic E-state index is 0.481. The Kier molecular flexibility index (Phi) is 4.43. The van der Waals surface area contributed by atoms with Crippen LogP contribution in [0.4, 0.5) is 0 Å². The SMILES string of the molecule is CN(C)C1CCc2cccc(C(Cl)S(=O)O)c2C1. The van der Waals surface area contributed by atoms with Crippen LogP contribution in [0.5, 0.6) is 0 Å². The van der Waals surface area contributed by atoms with Gasteiger partial charge in [-0.15, -0.1) is 11.6 Å². The summed E-state index contributed by atoms with van der Waals surface area (Å²) in [4.78, 5) is 2.21. The first kappa shape index (κ1) is 14.0. The Morgan fingerprint density at radius 2 is 2.22 bits per heavy atom. The predicted octanol–water partition coefficient (Wildman–Crippen LogP) is 2.56. The van der Waals surface area contributed by atoms with Crippen molar-refractivity contribution in [1.82, 2.24) is 4.90 Å². The summed E-state index contributed by atoms with van der Waals surface area (Å²) in [7, 11) is 4.14. The first-order valence-corrected chi connectivity index (χ1v) is 7.62. The number of likely N-dealkylation sites (N-methyl/N-ethyl adjacent to an activating group) is 1. The van der Waals surface area contributed by atoms with E-state index in [1.807, 2.05) is 12.1 Å². The number of benzene rings is 1. The van der Waals surface area contributed by atoms with Crippen molar-refractivity contribution in [2.45, 2.75) is 30.0 Å². The Hall–Kier alpha value is -0.420. The van der Waals surface area contributed by atoms with Crippen molar-refractivity contribution in [2.75, 3.05) is 14.1 Å². The smallest absolute Gasteiger partial charge is 0.176 e. The van der Waals surface area contributed by atoms with Gasteiger partial charge in [0.2, 0.25) is 0 Å². The van der Waals surface area contributed by atoms with E-state index in [0.29, 0.717) is 6.04 Å². The third-order valence-corrected chi connectivity index (χ3v) is 4.95. The lowest BCUT2D eigenvalue weighted by atomic mass is 9.85. The standard InChI is InChI=1S/C13H18ClNO2S/c1-15(2)10-7-6-9-4-3-5-11(12(9)8-10)13(14)18(16)17/h3-5,10,13H,6-8H2,1-2H3,(H,16,17).